The molecule has 5 rings (SSSR count). The number of hydrogen-bond acceptors (Lipinski definition) is 5. The van der Waals surface area contributed by atoms with Gasteiger partial charge in [-0.1, -0.05) is 48.5 Å². The van der Waals surface area contributed by atoms with Crippen LogP contribution in [0.2, 0.25) is 0 Å². The first kappa shape index (κ1) is 32.8. The zero-order chi connectivity index (χ0) is 31.6. The van der Waals surface area contributed by atoms with Crippen LogP contribution in [0.1, 0.15) is 139 Å². The lowest BCUT2D eigenvalue weighted by atomic mass is 9.32. The molecule has 244 valence electrons. The highest BCUT2D eigenvalue weighted by Crippen LogP contribution is 2.78. The van der Waals surface area contributed by atoms with Crippen LogP contribution in [0, 0.1) is 62.6 Å². The average molecular weight is 601 g/mol. The third-order valence-corrected chi connectivity index (χ3v) is 15.2. The van der Waals surface area contributed by atoms with Gasteiger partial charge in [-0.05, 0) is 128 Å². The molecule has 0 amide bonds. The normalized spacial score (nSPS) is 44.9. The molecule has 0 saturated heterocycles. The molecule has 5 aliphatic rings. The molecule has 0 aliphatic heterocycles. The molecule has 0 aromatic rings. The van der Waals surface area contributed by atoms with Crippen LogP contribution in [-0.2, 0) is 23.9 Å². The van der Waals surface area contributed by atoms with Crippen LogP contribution < -0.4 is 0 Å². The van der Waals surface area contributed by atoms with E-state index in [1.165, 1.54) is 51.4 Å². The fourth-order valence-electron chi connectivity index (χ4n) is 13.0. The van der Waals surface area contributed by atoms with E-state index in [0.717, 1.165) is 19.3 Å². The number of carboxylic acid groups (broad SMARTS) is 1. The number of carboxylic acids is 1. The zero-order valence-corrected chi connectivity index (χ0v) is 28.4. The highest BCUT2D eigenvalue weighted by Gasteiger charge is 2.71. The van der Waals surface area contributed by atoms with E-state index in [-0.39, 0.29) is 58.0 Å². The Morgan fingerprint density at radius 3 is 2.19 bits per heavy atom. The van der Waals surface area contributed by atoms with Gasteiger partial charge in [0.2, 0.25) is 0 Å². The van der Waals surface area contributed by atoms with Crippen LogP contribution in [0.5, 0.6) is 0 Å². The first-order chi connectivity index (χ1) is 20.0. The fourth-order valence-corrected chi connectivity index (χ4v) is 13.0. The number of rotatable bonds is 8. The number of aliphatic carboxylic acids is 1. The third kappa shape index (κ3) is 5.17. The summed E-state index contributed by atoms with van der Waals surface area (Å²) in [6.07, 6.45) is 12.9. The Kier molecular flexibility index (Phi) is 8.64. The topological polar surface area (TPSA) is 89.9 Å². The highest BCUT2D eigenvalue weighted by atomic mass is 16.5. The van der Waals surface area contributed by atoms with E-state index in [9.17, 15) is 14.4 Å². The van der Waals surface area contributed by atoms with Crippen LogP contribution in [0.25, 0.3) is 0 Å². The first-order valence-corrected chi connectivity index (χ1v) is 17.6. The molecule has 1 N–H and O–H groups in total. The number of hydrogen-bond donors (Lipinski definition) is 1. The van der Waals surface area contributed by atoms with E-state index in [4.69, 9.17) is 14.6 Å². The average Bonchev–Trinajstić information content (AvgIpc) is 3.29. The number of esters is 2. The van der Waals surface area contributed by atoms with Crippen molar-refractivity contribution in [3.05, 3.63) is 0 Å². The molecule has 10 atom stereocenters. The Morgan fingerprint density at radius 1 is 0.814 bits per heavy atom. The Labute approximate surface area is 260 Å². The summed E-state index contributed by atoms with van der Waals surface area (Å²) in [6, 6.07) is 0. The van der Waals surface area contributed by atoms with Crippen LogP contribution in [0.3, 0.4) is 0 Å². The molecular formula is C37H60O6. The third-order valence-electron chi connectivity index (χ3n) is 15.2. The molecule has 0 aromatic heterocycles. The zero-order valence-electron chi connectivity index (χ0n) is 28.4. The molecule has 5 saturated carbocycles. The van der Waals surface area contributed by atoms with Gasteiger partial charge in [0.15, 0.2) is 0 Å². The predicted molar refractivity (Wildman–Crippen MR) is 167 cm³/mol. The summed E-state index contributed by atoms with van der Waals surface area (Å²) in [6.45, 7) is 19.5. The van der Waals surface area contributed by atoms with E-state index >= 15 is 0 Å². The minimum Gasteiger partial charge on any atom is -0.481 e. The fraction of sp³-hybridized carbons (Fsp3) is 0.919. The molecule has 0 heterocycles. The van der Waals surface area contributed by atoms with Gasteiger partial charge < -0.3 is 14.6 Å². The summed E-state index contributed by atoms with van der Waals surface area (Å²) in [7, 11) is 0. The van der Waals surface area contributed by atoms with Crippen molar-refractivity contribution in [3.8, 4) is 0 Å². The molecule has 0 unspecified atom stereocenters. The summed E-state index contributed by atoms with van der Waals surface area (Å²) in [5.74, 6) is 2.45. The van der Waals surface area contributed by atoms with Crippen LogP contribution in [0.4, 0.5) is 0 Å². The number of carbonyl (C=O) groups excluding carboxylic acids is 2. The van der Waals surface area contributed by atoms with Gasteiger partial charge in [-0.15, -0.1) is 0 Å². The van der Waals surface area contributed by atoms with Gasteiger partial charge in [0.05, 0.1) is 19.4 Å². The lowest BCUT2D eigenvalue weighted by Crippen LogP contribution is -2.66. The smallest absolute Gasteiger partial charge is 0.306 e. The molecule has 0 bridgehead atoms. The van der Waals surface area contributed by atoms with Gasteiger partial charge in [0, 0.05) is 12.3 Å². The Hall–Kier alpha value is -1.59. The second-order valence-electron chi connectivity index (χ2n) is 17.3. The molecule has 0 aromatic carbocycles. The number of fused-ring (bicyclic) bond motifs is 7. The van der Waals surface area contributed by atoms with Crippen molar-refractivity contribution in [1.29, 1.82) is 0 Å². The van der Waals surface area contributed by atoms with Crippen molar-refractivity contribution in [2.45, 2.75) is 145 Å². The van der Waals surface area contributed by atoms with Crippen molar-refractivity contribution in [2.75, 3.05) is 6.61 Å². The predicted octanol–water partition coefficient (Wildman–Crippen LogP) is 8.45. The monoisotopic (exact) mass is 600 g/mol. The van der Waals surface area contributed by atoms with Gasteiger partial charge in [-0.3, -0.25) is 14.4 Å². The van der Waals surface area contributed by atoms with E-state index in [0.29, 0.717) is 42.1 Å². The van der Waals surface area contributed by atoms with E-state index < -0.39 is 5.97 Å². The highest BCUT2D eigenvalue weighted by molar-refractivity contribution is 5.76. The van der Waals surface area contributed by atoms with Gasteiger partial charge in [0.1, 0.15) is 6.10 Å². The second kappa shape index (κ2) is 11.3. The number of ether oxygens (including phenoxy) is 2. The maximum Gasteiger partial charge on any atom is 0.306 e. The van der Waals surface area contributed by atoms with Gasteiger partial charge in [-0.2, -0.15) is 0 Å². The van der Waals surface area contributed by atoms with E-state index in [2.05, 4.69) is 48.5 Å². The standard InChI is InChI=1S/C37H60O6/c1-23(2)25-13-18-37(21-22-42-31(41)12-11-30(39)40)20-19-35(7)26(32(25)37)9-10-28-34(6)16-15-29(43-24(3)38)33(4,5)27(34)14-17-36(28,35)8/h23,25-29,32H,9-22H2,1-8H3,(H,39,40)/t25-,26+,27+,28-,29-,32+,34+,35+,36-,37-/m0/s1. The van der Waals surface area contributed by atoms with Crippen molar-refractivity contribution in [3.63, 3.8) is 0 Å². The second-order valence-corrected chi connectivity index (χ2v) is 17.3. The van der Waals surface area contributed by atoms with Gasteiger partial charge >= 0.3 is 17.9 Å². The van der Waals surface area contributed by atoms with Crippen molar-refractivity contribution in [2.24, 2.45) is 62.6 Å². The molecule has 6 nitrogen and oxygen atoms in total. The Balaban J connectivity index is 1.40. The van der Waals surface area contributed by atoms with E-state index in [1.807, 2.05) is 0 Å². The lowest BCUT2D eigenvalue weighted by molar-refractivity contribution is -0.252. The van der Waals surface area contributed by atoms with Gasteiger partial charge in [-0.25, -0.2) is 0 Å². The van der Waals surface area contributed by atoms with E-state index in [1.54, 1.807) is 6.92 Å². The van der Waals surface area contributed by atoms with Crippen LogP contribution in [0.15, 0.2) is 0 Å². The SMILES string of the molecule is CC(=O)O[C@H]1CC[C@]2(C)[C@H](CC[C@@]3(C)[C@H]2CC[C@@H]2[C@H]4[C@H](C(C)C)CC[C@@]4(CCOC(=O)CCC(=O)O)CC[C@]23C)C1(C)C. The maximum absolute atomic E-state index is 12.3. The largest absolute Gasteiger partial charge is 0.481 e. The molecule has 0 radical (unpaired) electrons. The minimum atomic E-state index is -0.953. The van der Waals surface area contributed by atoms with Crippen molar-refractivity contribution < 1.29 is 29.0 Å². The van der Waals surface area contributed by atoms with Crippen molar-refractivity contribution in [1.82, 2.24) is 0 Å². The quantitative estimate of drug-likeness (QED) is 0.281. The maximum atomic E-state index is 12.3. The molecular weight excluding hydrogens is 540 g/mol. The lowest BCUT2D eigenvalue weighted by Gasteiger charge is -2.73. The van der Waals surface area contributed by atoms with Crippen LogP contribution in [-0.4, -0.2) is 35.7 Å². The molecule has 6 heteroatoms. The van der Waals surface area contributed by atoms with Crippen LogP contribution >= 0.6 is 0 Å². The van der Waals surface area contributed by atoms with Gasteiger partial charge in [0.25, 0.3) is 0 Å². The molecule has 5 fully saturated rings. The Bertz CT molecular complexity index is 1100. The number of carbonyl (C=O) groups is 3. The summed E-state index contributed by atoms with van der Waals surface area (Å²) in [5.41, 5.74) is 1.03. The summed E-state index contributed by atoms with van der Waals surface area (Å²) >= 11 is 0. The first-order valence-electron chi connectivity index (χ1n) is 17.6. The summed E-state index contributed by atoms with van der Waals surface area (Å²) in [4.78, 5) is 35.2. The Morgan fingerprint density at radius 2 is 1.53 bits per heavy atom. The minimum absolute atomic E-state index is 0.0122. The van der Waals surface area contributed by atoms with Crippen molar-refractivity contribution >= 4 is 17.9 Å². The molecule has 43 heavy (non-hydrogen) atoms. The summed E-state index contributed by atoms with van der Waals surface area (Å²) in [5, 5.41) is 8.96. The summed E-state index contributed by atoms with van der Waals surface area (Å²) < 4.78 is 11.6. The molecule has 0 spiro atoms. The molecule has 5 aliphatic carbocycles.